The molecule has 0 aromatic carbocycles. The number of oxazole rings is 1. The van der Waals surface area contributed by atoms with Gasteiger partial charge >= 0.3 is 0 Å². The average molecular weight is 164 g/mol. The summed E-state index contributed by atoms with van der Waals surface area (Å²) >= 11 is 0. The highest BCUT2D eigenvalue weighted by atomic mass is 16.4. The molecular weight excluding hydrogens is 156 g/mol. The number of hydrogen-bond acceptors (Lipinski definition) is 4. The van der Waals surface area contributed by atoms with Crippen LogP contribution in [0.4, 0.5) is 0 Å². The fourth-order valence-corrected chi connectivity index (χ4v) is 0.921. The van der Waals surface area contributed by atoms with Gasteiger partial charge in [0.25, 0.3) is 0 Å². The smallest absolute Gasteiger partial charge is 0.229 e. The predicted molar refractivity (Wildman–Crippen MR) is 42.1 cm³/mol. The van der Waals surface area contributed by atoms with Gasteiger partial charge in [-0.15, -0.1) is 0 Å². The molecule has 0 aliphatic carbocycles. The molecule has 62 valence electrons. The molecule has 2 aromatic heterocycles. The van der Waals surface area contributed by atoms with E-state index in [1.807, 2.05) is 0 Å². The van der Waals surface area contributed by atoms with Gasteiger partial charge in [0.15, 0.2) is 0 Å². The molecule has 4 nitrogen and oxygen atoms in total. The lowest BCUT2D eigenvalue weighted by atomic mass is 10.3. The molecule has 0 amide bonds. The van der Waals surface area contributed by atoms with E-state index in [2.05, 4.69) is 4.98 Å². The van der Waals surface area contributed by atoms with Gasteiger partial charge in [-0.25, -0.2) is 4.98 Å². The molecule has 0 bridgehead atoms. The van der Waals surface area contributed by atoms with Crippen molar-refractivity contribution in [2.75, 3.05) is 0 Å². The van der Waals surface area contributed by atoms with Crippen LogP contribution in [0.3, 0.4) is 0 Å². The minimum atomic E-state index is 0.366. The van der Waals surface area contributed by atoms with Gasteiger partial charge in [-0.1, -0.05) is 0 Å². The van der Waals surface area contributed by atoms with Crippen LogP contribution in [-0.4, -0.2) is 4.98 Å². The third-order valence-electron chi connectivity index (χ3n) is 1.52. The number of nitrogens with two attached hydrogens (primary N) is 1. The van der Waals surface area contributed by atoms with E-state index in [1.54, 1.807) is 24.8 Å². The Labute approximate surface area is 69.0 Å². The molecular formula is C8H8N2O2. The second-order valence-corrected chi connectivity index (χ2v) is 2.35. The summed E-state index contributed by atoms with van der Waals surface area (Å²) in [6, 6.07) is 1.78. The van der Waals surface area contributed by atoms with Crippen LogP contribution in [0.5, 0.6) is 0 Å². The van der Waals surface area contributed by atoms with Crippen LogP contribution in [-0.2, 0) is 6.54 Å². The normalized spacial score (nSPS) is 10.4. The van der Waals surface area contributed by atoms with Crippen LogP contribution in [0, 0.1) is 0 Å². The minimum Gasteiger partial charge on any atom is -0.472 e. The van der Waals surface area contributed by atoms with Crippen molar-refractivity contribution in [1.29, 1.82) is 0 Å². The zero-order valence-corrected chi connectivity index (χ0v) is 6.36. The van der Waals surface area contributed by atoms with Gasteiger partial charge in [-0.3, -0.25) is 0 Å². The Morgan fingerprint density at radius 2 is 2.42 bits per heavy atom. The summed E-state index contributed by atoms with van der Waals surface area (Å²) in [5, 5.41) is 0. The van der Waals surface area contributed by atoms with Crippen molar-refractivity contribution in [1.82, 2.24) is 4.98 Å². The van der Waals surface area contributed by atoms with E-state index >= 15 is 0 Å². The third kappa shape index (κ3) is 1.12. The predicted octanol–water partition coefficient (Wildman–Crippen LogP) is 1.39. The molecule has 12 heavy (non-hydrogen) atoms. The van der Waals surface area contributed by atoms with Gasteiger partial charge < -0.3 is 14.6 Å². The number of furan rings is 1. The van der Waals surface area contributed by atoms with Gasteiger partial charge in [-0.2, -0.15) is 0 Å². The standard InChI is InChI=1S/C8H8N2O2/c9-3-7-4-10-8(12-7)6-1-2-11-5-6/h1-2,4-5H,3,9H2. The van der Waals surface area contributed by atoms with Crippen LogP contribution in [0.15, 0.2) is 33.6 Å². The van der Waals surface area contributed by atoms with Gasteiger partial charge in [0.2, 0.25) is 5.89 Å². The second-order valence-electron chi connectivity index (χ2n) is 2.35. The minimum absolute atomic E-state index is 0.366. The van der Waals surface area contributed by atoms with Crippen LogP contribution < -0.4 is 5.73 Å². The van der Waals surface area contributed by atoms with Crippen molar-refractivity contribution >= 4 is 0 Å². The molecule has 2 aromatic rings. The van der Waals surface area contributed by atoms with Gasteiger partial charge in [0.05, 0.1) is 24.6 Å². The Hall–Kier alpha value is -1.55. The maximum absolute atomic E-state index is 5.36. The molecule has 2 N–H and O–H groups in total. The van der Waals surface area contributed by atoms with E-state index in [0.29, 0.717) is 18.2 Å². The third-order valence-corrected chi connectivity index (χ3v) is 1.52. The van der Waals surface area contributed by atoms with Gasteiger partial charge in [0, 0.05) is 0 Å². The zero-order valence-electron chi connectivity index (χ0n) is 6.36. The largest absolute Gasteiger partial charge is 0.472 e. The molecule has 0 aliphatic heterocycles. The summed E-state index contributed by atoms with van der Waals surface area (Å²) in [5.74, 6) is 1.22. The molecule has 0 fully saturated rings. The Morgan fingerprint density at radius 3 is 3.00 bits per heavy atom. The molecule has 0 saturated carbocycles. The van der Waals surface area contributed by atoms with Crippen molar-refractivity contribution in [2.24, 2.45) is 5.73 Å². The molecule has 2 rings (SSSR count). The topological polar surface area (TPSA) is 65.2 Å². The first-order valence-corrected chi connectivity index (χ1v) is 3.57. The van der Waals surface area contributed by atoms with Gasteiger partial charge in [-0.05, 0) is 6.07 Å². The SMILES string of the molecule is NCc1cnc(-c2ccoc2)o1. The maximum Gasteiger partial charge on any atom is 0.229 e. The van der Waals surface area contributed by atoms with Gasteiger partial charge in [0.1, 0.15) is 12.0 Å². The molecule has 0 radical (unpaired) electrons. The average Bonchev–Trinajstić information content (AvgIpc) is 2.75. The van der Waals surface area contributed by atoms with Crippen molar-refractivity contribution in [3.8, 4) is 11.5 Å². The summed E-state index contributed by atoms with van der Waals surface area (Å²) in [6.45, 7) is 0.366. The van der Waals surface area contributed by atoms with E-state index < -0.39 is 0 Å². The summed E-state index contributed by atoms with van der Waals surface area (Å²) in [4.78, 5) is 4.02. The Balaban J connectivity index is 2.35. The fraction of sp³-hybridized carbons (Fsp3) is 0.125. The van der Waals surface area contributed by atoms with Crippen molar-refractivity contribution < 1.29 is 8.83 Å². The lowest BCUT2D eigenvalue weighted by molar-refractivity contribution is 0.518. The summed E-state index contributed by atoms with van der Waals surface area (Å²) in [7, 11) is 0. The van der Waals surface area contributed by atoms with Crippen LogP contribution in [0.2, 0.25) is 0 Å². The highest BCUT2D eigenvalue weighted by molar-refractivity contribution is 5.50. The highest BCUT2D eigenvalue weighted by Crippen LogP contribution is 2.18. The van der Waals surface area contributed by atoms with Crippen LogP contribution >= 0.6 is 0 Å². The highest BCUT2D eigenvalue weighted by Gasteiger charge is 2.05. The first-order valence-electron chi connectivity index (χ1n) is 3.57. The summed E-state index contributed by atoms with van der Waals surface area (Å²) < 4.78 is 10.2. The Kier molecular flexibility index (Phi) is 1.68. The summed E-state index contributed by atoms with van der Waals surface area (Å²) in [6.07, 6.45) is 4.76. The quantitative estimate of drug-likeness (QED) is 0.728. The molecule has 0 aliphatic rings. The first kappa shape index (κ1) is 7.12. The molecule has 0 atom stereocenters. The summed E-state index contributed by atoms with van der Waals surface area (Å²) in [5.41, 5.74) is 6.19. The lowest BCUT2D eigenvalue weighted by Gasteiger charge is -1.86. The lowest BCUT2D eigenvalue weighted by Crippen LogP contribution is -1.92. The first-order chi connectivity index (χ1) is 5.90. The van der Waals surface area contributed by atoms with E-state index in [-0.39, 0.29) is 0 Å². The Morgan fingerprint density at radius 1 is 1.50 bits per heavy atom. The van der Waals surface area contributed by atoms with Crippen molar-refractivity contribution in [3.05, 3.63) is 30.5 Å². The molecule has 0 saturated heterocycles. The van der Waals surface area contributed by atoms with E-state index in [4.69, 9.17) is 14.6 Å². The maximum atomic E-state index is 5.36. The number of hydrogen-bond donors (Lipinski definition) is 1. The second kappa shape index (κ2) is 2.83. The van der Waals surface area contributed by atoms with Crippen LogP contribution in [0.25, 0.3) is 11.5 Å². The van der Waals surface area contributed by atoms with Crippen LogP contribution in [0.1, 0.15) is 5.76 Å². The number of rotatable bonds is 2. The number of nitrogens with zero attached hydrogens (tertiary/aromatic N) is 1. The van der Waals surface area contributed by atoms with E-state index in [0.717, 1.165) is 5.56 Å². The monoisotopic (exact) mass is 164 g/mol. The van der Waals surface area contributed by atoms with Crippen molar-refractivity contribution in [3.63, 3.8) is 0 Å². The van der Waals surface area contributed by atoms with E-state index in [9.17, 15) is 0 Å². The molecule has 2 heterocycles. The van der Waals surface area contributed by atoms with E-state index in [1.165, 1.54) is 0 Å². The number of aromatic nitrogens is 1. The molecule has 0 unspecified atom stereocenters. The molecule has 0 spiro atoms. The molecule has 4 heteroatoms. The Bertz CT molecular complexity index is 351. The fourth-order valence-electron chi connectivity index (χ4n) is 0.921. The zero-order chi connectivity index (χ0) is 8.39. The van der Waals surface area contributed by atoms with Crippen molar-refractivity contribution in [2.45, 2.75) is 6.54 Å².